The van der Waals surface area contributed by atoms with Gasteiger partial charge in [-0.2, -0.15) is 0 Å². The lowest BCUT2D eigenvalue weighted by atomic mass is 9.74. The third-order valence-electron chi connectivity index (χ3n) is 3.41. The van der Waals surface area contributed by atoms with Crippen molar-refractivity contribution in [2.75, 3.05) is 14.1 Å². The van der Waals surface area contributed by atoms with Crippen molar-refractivity contribution in [3.63, 3.8) is 0 Å². The highest BCUT2D eigenvalue weighted by Gasteiger charge is 2.35. The second-order valence-electron chi connectivity index (χ2n) is 5.20. The van der Waals surface area contributed by atoms with E-state index in [4.69, 9.17) is 13.0 Å². The van der Waals surface area contributed by atoms with Crippen LogP contribution >= 0.6 is 11.3 Å². The molecule has 98 valence electrons. The summed E-state index contributed by atoms with van der Waals surface area (Å²) in [5.41, 5.74) is 1.39. The lowest BCUT2D eigenvalue weighted by molar-refractivity contribution is 0.505. The van der Waals surface area contributed by atoms with Crippen molar-refractivity contribution in [1.82, 2.24) is 4.90 Å². The average Bonchev–Trinajstić information content (AvgIpc) is 2.75. The number of nitrogens with zero attached hydrogens (tertiary/aromatic N) is 3. The van der Waals surface area contributed by atoms with Crippen LogP contribution < -0.4 is 0 Å². The van der Waals surface area contributed by atoms with E-state index < -0.39 is 0 Å². The molecule has 0 saturated carbocycles. The standard InChI is InChI=1S/C15H17N3S/c1-6-15(2)9-7-8-11-12(15)13(16-3)14(19-11)17-10-18(4)5/h1,10H,7-9H2,2,4-5H3/b17-10+. The fraction of sp³-hybridized carbons (Fsp3) is 0.467. The van der Waals surface area contributed by atoms with Crippen LogP contribution in [0.3, 0.4) is 0 Å². The van der Waals surface area contributed by atoms with Gasteiger partial charge in [0.05, 0.1) is 12.9 Å². The molecule has 3 nitrogen and oxygen atoms in total. The molecule has 2 rings (SSSR count). The van der Waals surface area contributed by atoms with Gasteiger partial charge in [-0.05, 0) is 36.6 Å². The molecule has 0 saturated heterocycles. The smallest absolute Gasteiger partial charge is 0.227 e. The number of rotatable bonds is 2. The molecule has 0 bridgehead atoms. The van der Waals surface area contributed by atoms with Crippen LogP contribution in [0.5, 0.6) is 0 Å². The molecule has 19 heavy (non-hydrogen) atoms. The summed E-state index contributed by atoms with van der Waals surface area (Å²) in [6.45, 7) is 9.52. The van der Waals surface area contributed by atoms with Crippen LogP contribution in [0.1, 0.15) is 30.2 Å². The maximum Gasteiger partial charge on any atom is 0.227 e. The molecular formula is C15H17N3S. The third kappa shape index (κ3) is 2.37. The van der Waals surface area contributed by atoms with Crippen molar-refractivity contribution < 1.29 is 0 Å². The Morgan fingerprint density at radius 1 is 1.58 bits per heavy atom. The number of aliphatic imine (C=N–C) groups is 1. The van der Waals surface area contributed by atoms with Crippen molar-refractivity contribution in [1.29, 1.82) is 0 Å². The summed E-state index contributed by atoms with van der Waals surface area (Å²) >= 11 is 1.61. The van der Waals surface area contributed by atoms with Crippen molar-refractivity contribution >= 4 is 28.4 Å². The van der Waals surface area contributed by atoms with Gasteiger partial charge in [-0.1, -0.05) is 5.92 Å². The highest BCUT2D eigenvalue weighted by Crippen LogP contribution is 2.51. The Labute approximate surface area is 118 Å². The summed E-state index contributed by atoms with van der Waals surface area (Å²) in [5.74, 6) is 2.89. The quantitative estimate of drug-likeness (QED) is 0.347. The van der Waals surface area contributed by atoms with Gasteiger partial charge in [0.15, 0.2) is 0 Å². The van der Waals surface area contributed by atoms with Crippen LogP contribution in [0.25, 0.3) is 4.85 Å². The molecule has 0 radical (unpaired) electrons. The van der Waals surface area contributed by atoms with Crippen molar-refractivity contribution in [2.24, 2.45) is 4.99 Å². The van der Waals surface area contributed by atoms with E-state index in [0.29, 0.717) is 5.69 Å². The molecule has 4 heteroatoms. The largest absolute Gasteiger partial charge is 0.369 e. The first-order valence-electron chi connectivity index (χ1n) is 6.24. The summed E-state index contributed by atoms with van der Waals surface area (Å²) < 4.78 is 0. The maximum absolute atomic E-state index is 7.45. The number of aryl methyl sites for hydroxylation is 1. The van der Waals surface area contributed by atoms with Gasteiger partial charge in [0.25, 0.3) is 0 Å². The predicted molar refractivity (Wildman–Crippen MR) is 81.5 cm³/mol. The molecular weight excluding hydrogens is 254 g/mol. The zero-order valence-electron chi connectivity index (χ0n) is 11.5. The van der Waals surface area contributed by atoms with Gasteiger partial charge in [-0.3, -0.25) is 0 Å². The van der Waals surface area contributed by atoms with E-state index in [9.17, 15) is 0 Å². The minimum absolute atomic E-state index is 0.310. The van der Waals surface area contributed by atoms with Gasteiger partial charge in [-0.15, -0.1) is 17.8 Å². The van der Waals surface area contributed by atoms with E-state index >= 15 is 0 Å². The zero-order valence-corrected chi connectivity index (χ0v) is 12.3. The Kier molecular flexibility index (Phi) is 3.64. The first kappa shape index (κ1) is 13.6. The Hall–Kier alpha value is -1.78. The number of thiophene rings is 1. The lowest BCUT2D eigenvalue weighted by Gasteiger charge is -2.29. The monoisotopic (exact) mass is 271 g/mol. The predicted octanol–water partition coefficient (Wildman–Crippen LogP) is 3.75. The molecule has 1 aliphatic carbocycles. The molecule has 1 aliphatic rings. The summed E-state index contributed by atoms with van der Waals surface area (Å²) in [5, 5.41) is 0.789. The second kappa shape index (κ2) is 5.07. The molecule has 0 aliphatic heterocycles. The number of fused-ring (bicyclic) bond motifs is 1. The number of terminal acetylenes is 1. The number of hydrogen-bond acceptors (Lipinski definition) is 2. The van der Waals surface area contributed by atoms with E-state index in [2.05, 4.69) is 22.7 Å². The molecule has 0 N–H and O–H groups in total. The first-order valence-corrected chi connectivity index (χ1v) is 7.05. The van der Waals surface area contributed by atoms with Gasteiger partial charge >= 0.3 is 0 Å². The second-order valence-corrected chi connectivity index (χ2v) is 6.29. The molecule has 0 aromatic carbocycles. The van der Waals surface area contributed by atoms with E-state index in [0.717, 1.165) is 29.8 Å². The lowest BCUT2D eigenvalue weighted by Crippen LogP contribution is -2.24. The molecule has 0 amide bonds. The van der Waals surface area contributed by atoms with Crippen LogP contribution in [0.4, 0.5) is 10.7 Å². The van der Waals surface area contributed by atoms with Crippen LogP contribution in [-0.2, 0) is 11.8 Å². The molecule has 0 fully saturated rings. The summed E-state index contributed by atoms with van der Waals surface area (Å²) in [6.07, 6.45) is 10.5. The van der Waals surface area contributed by atoms with Crippen LogP contribution in [0.15, 0.2) is 4.99 Å². The van der Waals surface area contributed by atoms with Gasteiger partial charge < -0.3 is 4.90 Å². The zero-order chi connectivity index (χ0) is 14.0. The third-order valence-corrected chi connectivity index (χ3v) is 4.55. The topological polar surface area (TPSA) is 20.0 Å². The number of hydrogen-bond donors (Lipinski definition) is 0. The molecule has 1 atom stereocenters. The van der Waals surface area contributed by atoms with Crippen LogP contribution in [0.2, 0.25) is 0 Å². The van der Waals surface area contributed by atoms with E-state index in [1.807, 2.05) is 19.0 Å². The van der Waals surface area contributed by atoms with E-state index in [1.54, 1.807) is 17.7 Å². The first-order chi connectivity index (χ1) is 9.01. The average molecular weight is 271 g/mol. The molecule has 1 unspecified atom stereocenters. The van der Waals surface area contributed by atoms with Crippen molar-refractivity contribution in [3.8, 4) is 12.3 Å². The minimum Gasteiger partial charge on any atom is -0.369 e. The van der Waals surface area contributed by atoms with Crippen molar-refractivity contribution in [2.45, 2.75) is 31.6 Å². The Morgan fingerprint density at radius 3 is 2.89 bits per heavy atom. The minimum atomic E-state index is -0.310. The summed E-state index contributed by atoms with van der Waals surface area (Å²) in [6, 6.07) is 0. The Morgan fingerprint density at radius 2 is 2.32 bits per heavy atom. The Bertz CT molecular complexity index is 598. The van der Waals surface area contributed by atoms with E-state index in [1.165, 1.54) is 4.88 Å². The summed E-state index contributed by atoms with van der Waals surface area (Å²) in [4.78, 5) is 11.2. The fourth-order valence-corrected chi connectivity index (χ4v) is 3.68. The normalized spacial score (nSPS) is 21.7. The van der Waals surface area contributed by atoms with Gasteiger partial charge in [0.1, 0.15) is 5.00 Å². The fourth-order valence-electron chi connectivity index (χ4n) is 2.43. The summed E-state index contributed by atoms with van der Waals surface area (Å²) in [7, 11) is 3.83. The van der Waals surface area contributed by atoms with E-state index in [-0.39, 0.29) is 5.41 Å². The molecule has 1 aromatic rings. The van der Waals surface area contributed by atoms with Gasteiger partial charge in [0, 0.05) is 19.5 Å². The highest BCUT2D eigenvalue weighted by molar-refractivity contribution is 7.16. The molecule has 0 spiro atoms. The van der Waals surface area contributed by atoms with Crippen molar-refractivity contribution in [3.05, 3.63) is 21.9 Å². The van der Waals surface area contributed by atoms with Gasteiger partial charge in [0.2, 0.25) is 5.69 Å². The van der Waals surface area contributed by atoms with Gasteiger partial charge in [-0.25, -0.2) is 9.84 Å². The Balaban J connectivity index is 2.58. The SMILES string of the molecule is [C-]#[N+]c1c(/N=C/N(C)C)sc2c1C(C)(C#C)CCC2. The molecule has 1 heterocycles. The molecule has 1 aromatic heterocycles. The highest BCUT2D eigenvalue weighted by atomic mass is 32.1. The van der Waals surface area contributed by atoms with Crippen LogP contribution in [-0.4, -0.2) is 25.3 Å². The maximum atomic E-state index is 7.45. The van der Waals surface area contributed by atoms with Crippen LogP contribution in [0, 0.1) is 18.9 Å².